The van der Waals surface area contributed by atoms with Gasteiger partial charge in [0.15, 0.2) is 25.5 Å². The fourth-order valence-electron chi connectivity index (χ4n) is 2.76. The summed E-state index contributed by atoms with van der Waals surface area (Å²) in [6, 6.07) is 25.4. The van der Waals surface area contributed by atoms with Gasteiger partial charge in [0.1, 0.15) is 5.75 Å². The van der Waals surface area contributed by atoms with Gasteiger partial charge in [-0.1, -0.05) is 40.6 Å². The van der Waals surface area contributed by atoms with Crippen LogP contribution in [0.2, 0.25) is 0 Å². The zero-order valence-electron chi connectivity index (χ0n) is 14.6. The van der Waals surface area contributed by atoms with Crippen molar-refractivity contribution in [2.24, 2.45) is 0 Å². The van der Waals surface area contributed by atoms with E-state index in [1.165, 1.54) is 0 Å². The van der Waals surface area contributed by atoms with Crippen LogP contribution in [0.25, 0.3) is 0 Å². The summed E-state index contributed by atoms with van der Waals surface area (Å²) >= 11 is 0. The first kappa shape index (κ1) is 18.1. The van der Waals surface area contributed by atoms with Gasteiger partial charge in [-0.2, -0.15) is 0 Å². The molecule has 0 fully saturated rings. The molecule has 0 unspecified atom stereocenters. The molecule has 0 radical (unpaired) electrons. The first-order valence-electron chi connectivity index (χ1n) is 8.51. The Morgan fingerprint density at radius 2 is 1.31 bits per heavy atom. The van der Waals surface area contributed by atoms with Gasteiger partial charge >= 0.3 is 0 Å². The molecule has 3 nitrogen and oxygen atoms in total. The van der Waals surface area contributed by atoms with Crippen molar-refractivity contribution in [2.75, 3.05) is 12.4 Å². The molecule has 0 bridgehead atoms. The number of ketones is 1. The van der Waals surface area contributed by atoms with E-state index < -0.39 is 9.93 Å². The molecule has 4 heteroatoms. The van der Waals surface area contributed by atoms with Gasteiger partial charge < -0.3 is 4.74 Å². The van der Waals surface area contributed by atoms with Crippen LogP contribution < -0.4 is 4.74 Å². The third-order valence-corrected chi connectivity index (χ3v) is 6.81. The number of carbonyl (C=O) groups excluding carboxylic acids is 1. The second kappa shape index (κ2) is 8.11. The van der Waals surface area contributed by atoms with Gasteiger partial charge in [0.2, 0.25) is 5.78 Å². The Labute approximate surface area is 155 Å². The van der Waals surface area contributed by atoms with Crippen LogP contribution in [0.3, 0.4) is 0 Å². The van der Waals surface area contributed by atoms with Crippen molar-refractivity contribution < 1.29 is 13.7 Å². The predicted octanol–water partition coefficient (Wildman–Crippen LogP) is 4.89. The quantitative estimate of drug-likeness (QED) is 0.442. The van der Waals surface area contributed by atoms with E-state index in [1.54, 1.807) is 24.3 Å². The maximum atomic E-state index is 13.9. The Morgan fingerprint density at radius 1 is 0.808 bits per heavy atom. The van der Waals surface area contributed by atoms with Crippen LogP contribution >= 0.6 is 0 Å². The summed E-state index contributed by atoms with van der Waals surface area (Å²) in [7, 11) is -2.69. The molecule has 0 aromatic heterocycles. The van der Waals surface area contributed by atoms with E-state index >= 15 is 0 Å². The zero-order valence-corrected chi connectivity index (χ0v) is 15.4. The van der Waals surface area contributed by atoms with Crippen LogP contribution in [0.4, 0.5) is 0 Å². The van der Waals surface area contributed by atoms with E-state index in [9.17, 15) is 9.00 Å². The lowest BCUT2D eigenvalue weighted by Crippen LogP contribution is -2.23. The smallest absolute Gasteiger partial charge is 0.212 e. The molecule has 0 atom stereocenters. The van der Waals surface area contributed by atoms with Crippen LogP contribution in [-0.2, 0) is 14.1 Å². The number of carbonyl (C=O) groups is 1. The van der Waals surface area contributed by atoms with Crippen molar-refractivity contribution in [3.63, 3.8) is 0 Å². The van der Waals surface area contributed by atoms with Crippen molar-refractivity contribution >= 4 is 15.7 Å². The number of ether oxygens (including phenoxy) is 1. The molecule has 3 aromatic rings. The number of benzene rings is 3. The first-order chi connectivity index (χ1) is 12.6. The van der Waals surface area contributed by atoms with Crippen LogP contribution in [0, 0.1) is 0 Å². The maximum absolute atomic E-state index is 13.9. The fraction of sp³-hybridized carbons (Fsp3) is 0.136. The van der Waals surface area contributed by atoms with Crippen LogP contribution in [0.15, 0.2) is 94.7 Å². The summed E-state index contributed by atoms with van der Waals surface area (Å²) in [5.41, 5.74) is 0.535. The highest BCUT2D eigenvalue weighted by molar-refractivity contribution is 8.03. The SMILES string of the molecule is CCOc1ccc(C(=O)C[S+](=O)(c2ccccc2)c2ccccc2)cc1. The predicted molar refractivity (Wildman–Crippen MR) is 104 cm³/mol. The molecule has 0 heterocycles. The van der Waals surface area contributed by atoms with Crippen LogP contribution in [0.5, 0.6) is 5.75 Å². The van der Waals surface area contributed by atoms with Gasteiger partial charge in [0.25, 0.3) is 0 Å². The average molecular weight is 365 g/mol. The van der Waals surface area contributed by atoms with Gasteiger partial charge in [-0.15, -0.1) is 0 Å². The van der Waals surface area contributed by atoms with Gasteiger partial charge in [-0.05, 0) is 55.5 Å². The van der Waals surface area contributed by atoms with Gasteiger partial charge in [0, 0.05) is 5.56 Å². The fourth-order valence-corrected chi connectivity index (χ4v) is 5.09. The van der Waals surface area contributed by atoms with E-state index in [0.29, 0.717) is 22.0 Å². The molecular formula is C22H21O3S+. The Kier molecular flexibility index (Phi) is 5.64. The summed E-state index contributed by atoms with van der Waals surface area (Å²) in [5, 5.41) is 0. The normalized spacial score (nSPS) is 11.1. The summed E-state index contributed by atoms with van der Waals surface area (Å²) < 4.78 is 19.3. The highest BCUT2D eigenvalue weighted by Crippen LogP contribution is 2.30. The monoisotopic (exact) mass is 365 g/mol. The Balaban J connectivity index is 1.94. The van der Waals surface area contributed by atoms with E-state index in [-0.39, 0.29) is 11.5 Å². The molecule has 0 aliphatic rings. The van der Waals surface area contributed by atoms with E-state index in [0.717, 1.165) is 5.75 Å². The van der Waals surface area contributed by atoms with E-state index in [4.69, 9.17) is 4.74 Å². The number of rotatable bonds is 7. The van der Waals surface area contributed by atoms with Crippen molar-refractivity contribution in [3.05, 3.63) is 90.5 Å². The molecule has 0 spiro atoms. The highest BCUT2D eigenvalue weighted by atomic mass is 32.2. The van der Waals surface area contributed by atoms with Crippen molar-refractivity contribution in [3.8, 4) is 5.75 Å². The van der Waals surface area contributed by atoms with Gasteiger partial charge in [-0.3, -0.25) is 4.79 Å². The minimum atomic E-state index is -2.69. The molecule has 0 amide bonds. The van der Waals surface area contributed by atoms with Crippen molar-refractivity contribution in [1.82, 2.24) is 0 Å². The maximum Gasteiger partial charge on any atom is 0.212 e. The Bertz CT molecular complexity index is 860. The number of Topliss-reactive ketones (excluding diaryl/α,β-unsaturated/α-hetero) is 1. The molecule has 0 N–H and O–H groups in total. The third kappa shape index (κ3) is 3.92. The van der Waals surface area contributed by atoms with Gasteiger partial charge in [0.05, 0.1) is 6.61 Å². The molecule has 3 aromatic carbocycles. The average Bonchev–Trinajstić information content (AvgIpc) is 2.70. The van der Waals surface area contributed by atoms with Crippen LogP contribution in [-0.4, -0.2) is 18.1 Å². The standard InChI is InChI=1S/C22H21O3S/c1-2-25-19-15-13-18(14-16-19)22(23)17-26(24,20-9-5-3-6-10-20)21-11-7-4-8-12-21/h3-16H,2,17H2,1H3/q+1. The minimum Gasteiger partial charge on any atom is -0.494 e. The van der Waals surface area contributed by atoms with E-state index in [2.05, 4.69) is 0 Å². The molecular weight excluding hydrogens is 344 g/mol. The topological polar surface area (TPSA) is 43.4 Å². The Hall–Kier alpha value is -2.72. The summed E-state index contributed by atoms with van der Waals surface area (Å²) in [6.45, 7) is 2.48. The lowest BCUT2D eigenvalue weighted by molar-refractivity contribution is 0.102. The third-order valence-electron chi connectivity index (χ3n) is 4.07. The van der Waals surface area contributed by atoms with Gasteiger partial charge in [-0.25, -0.2) is 0 Å². The molecule has 0 saturated carbocycles. The molecule has 0 aliphatic carbocycles. The lowest BCUT2D eigenvalue weighted by Gasteiger charge is -2.12. The minimum absolute atomic E-state index is 0.0605. The highest BCUT2D eigenvalue weighted by Gasteiger charge is 2.37. The number of hydrogen-bond donors (Lipinski definition) is 0. The lowest BCUT2D eigenvalue weighted by atomic mass is 10.1. The van der Waals surface area contributed by atoms with Crippen LogP contribution in [0.1, 0.15) is 17.3 Å². The first-order valence-corrected chi connectivity index (χ1v) is 10.2. The second-order valence-electron chi connectivity index (χ2n) is 5.83. The summed E-state index contributed by atoms with van der Waals surface area (Å²) in [6.07, 6.45) is 0. The molecule has 0 aliphatic heterocycles. The van der Waals surface area contributed by atoms with E-state index in [1.807, 2.05) is 67.6 Å². The molecule has 26 heavy (non-hydrogen) atoms. The van der Waals surface area contributed by atoms with Crippen molar-refractivity contribution in [2.45, 2.75) is 16.7 Å². The Morgan fingerprint density at radius 3 is 1.77 bits per heavy atom. The number of hydrogen-bond acceptors (Lipinski definition) is 3. The second-order valence-corrected chi connectivity index (χ2v) is 8.41. The summed E-state index contributed by atoms with van der Waals surface area (Å²) in [4.78, 5) is 14.2. The summed E-state index contributed by atoms with van der Waals surface area (Å²) in [5.74, 6) is 0.510. The zero-order chi connectivity index (χ0) is 18.4. The molecule has 132 valence electrons. The molecule has 3 rings (SSSR count). The largest absolute Gasteiger partial charge is 0.494 e. The molecule has 0 saturated heterocycles. The van der Waals surface area contributed by atoms with Crippen molar-refractivity contribution in [1.29, 1.82) is 0 Å².